The van der Waals surface area contributed by atoms with Gasteiger partial charge in [-0.25, -0.2) is 13.6 Å². The minimum absolute atomic E-state index is 0.283. The fourth-order valence-electron chi connectivity index (χ4n) is 1.60. The minimum atomic E-state index is -1.23. The SMILES string of the molecule is CCC(C)[C@H](NC(=O)c1cc(F)c(F)cc1Cl)C(=O)O. The lowest BCUT2D eigenvalue weighted by Crippen LogP contribution is -2.45. The van der Waals surface area contributed by atoms with Gasteiger partial charge in [0.15, 0.2) is 11.6 Å². The molecule has 0 aromatic heterocycles. The first-order valence-electron chi connectivity index (χ1n) is 5.96. The van der Waals surface area contributed by atoms with E-state index in [-0.39, 0.29) is 16.5 Å². The zero-order valence-electron chi connectivity index (χ0n) is 10.9. The molecule has 2 N–H and O–H groups in total. The summed E-state index contributed by atoms with van der Waals surface area (Å²) in [6, 6.07) is 0.185. The summed E-state index contributed by atoms with van der Waals surface area (Å²) in [5.41, 5.74) is -0.305. The third kappa shape index (κ3) is 3.66. The van der Waals surface area contributed by atoms with Crippen LogP contribution in [0, 0.1) is 17.6 Å². The highest BCUT2D eigenvalue weighted by atomic mass is 35.5. The second kappa shape index (κ2) is 6.65. The summed E-state index contributed by atoms with van der Waals surface area (Å²) in [6.07, 6.45) is 0.531. The van der Waals surface area contributed by atoms with Gasteiger partial charge in [0.2, 0.25) is 0 Å². The molecule has 1 aromatic carbocycles. The van der Waals surface area contributed by atoms with E-state index >= 15 is 0 Å². The predicted molar refractivity (Wildman–Crippen MR) is 69.7 cm³/mol. The van der Waals surface area contributed by atoms with Crippen LogP contribution in [0.25, 0.3) is 0 Å². The lowest BCUT2D eigenvalue weighted by atomic mass is 9.99. The molecule has 4 nitrogen and oxygen atoms in total. The fraction of sp³-hybridized carbons (Fsp3) is 0.385. The van der Waals surface area contributed by atoms with Crippen LogP contribution < -0.4 is 5.32 Å². The summed E-state index contributed by atoms with van der Waals surface area (Å²) in [6.45, 7) is 3.43. The third-order valence-electron chi connectivity index (χ3n) is 3.02. The third-order valence-corrected chi connectivity index (χ3v) is 3.33. The maximum atomic E-state index is 13.1. The molecule has 0 radical (unpaired) electrons. The molecule has 1 aromatic rings. The molecule has 0 aliphatic heterocycles. The molecule has 0 spiro atoms. The van der Waals surface area contributed by atoms with E-state index in [0.29, 0.717) is 18.6 Å². The highest BCUT2D eigenvalue weighted by molar-refractivity contribution is 6.33. The maximum Gasteiger partial charge on any atom is 0.326 e. The Morgan fingerprint density at radius 1 is 1.35 bits per heavy atom. The second-order valence-electron chi connectivity index (χ2n) is 4.42. The van der Waals surface area contributed by atoms with Crippen molar-refractivity contribution in [3.8, 4) is 0 Å². The van der Waals surface area contributed by atoms with Crippen molar-refractivity contribution in [1.82, 2.24) is 5.32 Å². The zero-order valence-corrected chi connectivity index (χ0v) is 11.7. The summed E-state index contributed by atoms with van der Waals surface area (Å²) in [5.74, 6) is -4.79. The van der Waals surface area contributed by atoms with Gasteiger partial charge in [-0.05, 0) is 18.1 Å². The molecule has 0 aliphatic rings. The Balaban J connectivity index is 3.01. The standard InChI is InChI=1S/C13H14ClF2NO3/c1-3-6(2)11(13(19)20)17-12(18)7-4-9(15)10(16)5-8(7)14/h4-6,11H,3H2,1-2H3,(H,17,18)(H,19,20)/t6?,11-/m0/s1. The topological polar surface area (TPSA) is 66.4 Å². The van der Waals surface area contributed by atoms with Crippen molar-refractivity contribution in [3.05, 3.63) is 34.4 Å². The van der Waals surface area contributed by atoms with Gasteiger partial charge >= 0.3 is 5.97 Å². The van der Waals surface area contributed by atoms with Gasteiger partial charge in [-0.2, -0.15) is 0 Å². The molecule has 0 heterocycles. The Morgan fingerprint density at radius 2 is 1.90 bits per heavy atom. The first-order valence-corrected chi connectivity index (χ1v) is 6.33. The lowest BCUT2D eigenvalue weighted by molar-refractivity contribution is -0.140. The molecule has 0 aliphatic carbocycles. The number of aliphatic carboxylic acids is 1. The summed E-state index contributed by atoms with van der Waals surface area (Å²) < 4.78 is 26.0. The van der Waals surface area contributed by atoms with Crippen molar-refractivity contribution in [2.75, 3.05) is 0 Å². The normalized spacial score (nSPS) is 13.7. The number of carbonyl (C=O) groups excluding carboxylic acids is 1. The average Bonchev–Trinajstić information content (AvgIpc) is 2.38. The van der Waals surface area contributed by atoms with Gasteiger partial charge in [0.25, 0.3) is 5.91 Å². The number of carboxylic acids is 1. The summed E-state index contributed by atoms with van der Waals surface area (Å²) >= 11 is 5.66. The van der Waals surface area contributed by atoms with E-state index in [0.717, 1.165) is 0 Å². The minimum Gasteiger partial charge on any atom is -0.480 e. The molecule has 20 heavy (non-hydrogen) atoms. The fourth-order valence-corrected chi connectivity index (χ4v) is 1.83. The van der Waals surface area contributed by atoms with E-state index in [4.69, 9.17) is 16.7 Å². The monoisotopic (exact) mass is 305 g/mol. The van der Waals surface area contributed by atoms with Crippen LogP contribution in [-0.4, -0.2) is 23.0 Å². The molecule has 1 unspecified atom stereocenters. The molecular weight excluding hydrogens is 292 g/mol. The van der Waals surface area contributed by atoms with Crippen LogP contribution in [0.15, 0.2) is 12.1 Å². The van der Waals surface area contributed by atoms with Crippen LogP contribution in [0.3, 0.4) is 0 Å². The first-order chi connectivity index (χ1) is 9.27. The number of halogens is 3. The van der Waals surface area contributed by atoms with Crippen LogP contribution in [0.4, 0.5) is 8.78 Å². The molecule has 1 rings (SSSR count). The van der Waals surface area contributed by atoms with E-state index in [1.54, 1.807) is 13.8 Å². The molecule has 0 bridgehead atoms. The van der Waals surface area contributed by atoms with Gasteiger partial charge in [-0.3, -0.25) is 4.79 Å². The quantitative estimate of drug-likeness (QED) is 0.822. The highest BCUT2D eigenvalue weighted by Crippen LogP contribution is 2.20. The van der Waals surface area contributed by atoms with E-state index in [1.165, 1.54) is 0 Å². The maximum absolute atomic E-state index is 13.1. The van der Waals surface area contributed by atoms with E-state index < -0.39 is 29.6 Å². The number of benzene rings is 1. The van der Waals surface area contributed by atoms with E-state index in [2.05, 4.69) is 5.32 Å². The van der Waals surface area contributed by atoms with Crippen LogP contribution in [0.5, 0.6) is 0 Å². The second-order valence-corrected chi connectivity index (χ2v) is 4.83. The number of hydrogen-bond acceptors (Lipinski definition) is 2. The van der Waals surface area contributed by atoms with Gasteiger partial charge in [-0.1, -0.05) is 31.9 Å². The highest BCUT2D eigenvalue weighted by Gasteiger charge is 2.27. The van der Waals surface area contributed by atoms with Crippen LogP contribution >= 0.6 is 11.6 Å². The number of amides is 1. The predicted octanol–water partition coefficient (Wildman–Crippen LogP) is 2.85. The van der Waals surface area contributed by atoms with Gasteiger partial charge in [-0.15, -0.1) is 0 Å². The van der Waals surface area contributed by atoms with Gasteiger partial charge in [0, 0.05) is 0 Å². The van der Waals surface area contributed by atoms with Crippen molar-refractivity contribution < 1.29 is 23.5 Å². The molecule has 0 fully saturated rings. The van der Waals surface area contributed by atoms with Crippen molar-refractivity contribution in [3.63, 3.8) is 0 Å². The Bertz CT molecular complexity index is 537. The summed E-state index contributed by atoms with van der Waals surface area (Å²) in [5, 5.41) is 11.0. The molecule has 7 heteroatoms. The molecule has 110 valence electrons. The van der Waals surface area contributed by atoms with Crippen molar-refractivity contribution in [1.29, 1.82) is 0 Å². The van der Waals surface area contributed by atoms with Crippen LogP contribution in [0.2, 0.25) is 5.02 Å². The Labute approximate surface area is 119 Å². The molecule has 1 amide bonds. The van der Waals surface area contributed by atoms with Crippen LogP contribution in [-0.2, 0) is 4.79 Å². The largest absolute Gasteiger partial charge is 0.480 e. The van der Waals surface area contributed by atoms with E-state index in [1.807, 2.05) is 0 Å². The molecular formula is C13H14ClF2NO3. The molecule has 0 saturated carbocycles. The number of hydrogen-bond donors (Lipinski definition) is 2. The Kier molecular flexibility index (Phi) is 5.44. The number of nitrogens with one attached hydrogen (secondary N) is 1. The average molecular weight is 306 g/mol. The van der Waals surface area contributed by atoms with Crippen molar-refractivity contribution >= 4 is 23.5 Å². The zero-order chi connectivity index (χ0) is 15.4. The van der Waals surface area contributed by atoms with Gasteiger partial charge in [0.1, 0.15) is 6.04 Å². The molecule has 0 saturated heterocycles. The Hall–Kier alpha value is -1.69. The van der Waals surface area contributed by atoms with Gasteiger partial charge < -0.3 is 10.4 Å². The van der Waals surface area contributed by atoms with E-state index in [9.17, 15) is 18.4 Å². The smallest absolute Gasteiger partial charge is 0.326 e. The summed E-state index contributed by atoms with van der Waals surface area (Å²) in [4.78, 5) is 23.0. The first kappa shape index (κ1) is 16.4. The van der Waals surface area contributed by atoms with Gasteiger partial charge in [0.05, 0.1) is 10.6 Å². The number of rotatable bonds is 5. The van der Waals surface area contributed by atoms with Crippen LogP contribution in [0.1, 0.15) is 30.6 Å². The molecule has 2 atom stereocenters. The number of carboxylic acid groups (broad SMARTS) is 1. The number of carbonyl (C=O) groups is 2. The van der Waals surface area contributed by atoms with Crippen molar-refractivity contribution in [2.24, 2.45) is 5.92 Å². The lowest BCUT2D eigenvalue weighted by Gasteiger charge is -2.20. The Morgan fingerprint density at radius 3 is 2.40 bits per heavy atom. The summed E-state index contributed by atoms with van der Waals surface area (Å²) in [7, 11) is 0. The van der Waals surface area contributed by atoms with Crippen molar-refractivity contribution in [2.45, 2.75) is 26.3 Å².